The van der Waals surface area contributed by atoms with Crippen LogP contribution in [0.4, 0.5) is 0 Å². The summed E-state index contributed by atoms with van der Waals surface area (Å²) in [6, 6.07) is 75.2. The molecule has 0 spiro atoms. The molecule has 0 unspecified atom stereocenters. The van der Waals surface area contributed by atoms with E-state index in [9.17, 15) is 0 Å². The number of furan rings is 1. The second kappa shape index (κ2) is 13.9. The van der Waals surface area contributed by atoms with Crippen molar-refractivity contribution in [3.63, 3.8) is 0 Å². The zero-order valence-corrected chi connectivity index (χ0v) is 30.1. The predicted molar refractivity (Wildman–Crippen MR) is 230 cm³/mol. The highest BCUT2D eigenvalue weighted by atomic mass is 16.3. The van der Waals surface area contributed by atoms with Crippen molar-refractivity contribution in [1.82, 2.24) is 4.98 Å². The molecule has 0 bridgehead atoms. The van der Waals surface area contributed by atoms with Crippen LogP contribution in [0.5, 0.6) is 0 Å². The molecule has 0 aliphatic carbocycles. The number of nitrogens with zero attached hydrogens (tertiary/aromatic N) is 1. The fourth-order valence-corrected chi connectivity index (χ4v) is 7.69. The lowest BCUT2D eigenvalue weighted by Crippen LogP contribution is -1.91. The van der Waals surface area contributed by atoms with Gasteiger partial charge >= 0.3 is 0 Å². The Morgan fingerprint density at radius 1 is 0.273 bits per heavy atom. The van der Waals surface area contributed by atoms with Gasteiger partial charge in [-0.3, -0.25) is 0 Å². The van der Waals surface area contributed by atoms with Crippen LogP contribution in [0.25, 0.3) is 100 Å². The fraction of sp³-hybridized carbons (Fsp3) is 0. The maximum atomic E-state index is 6.49. The number of fused-ring (bicyclic) bond motifs is 3. The summed E-state index contributed by atoms with van der Waals surface area (Å²) in [4.78, 5) is 5.13. The highest BCUT2D eigenvalue weighted by Crippen LogP contribution is 2.41. The molecular weight excluding hydrogens is 667 g/mol. The summed E-state index contributed by atoms with van der Waals surface area (Å²) in [7, 11) is 0. The van der Waals surface area contributed by atoms with E-state index < -0.39 is 0 Å². The molecule has 2 heteroatoms. The Labute approximate surface area is 320 Å². The minimum atomic E-state index is 0.867. The minimum absolute atomic E-state index is 0.867. The lowest BCUT2D eigenvalue weighted by molar-refractivity contribution is 0.669. The molecule has 0 N–H and O–H groups in total. The molecule has 258 valence electrons. The lowest BCUT2D eigenvalue weighted by atomic mass is 9.92. The molecule has 10 aromatic rings. The second-order valence-electron chi connectivity index (χ2n) is 14.0. The van der Waals surface area contributed by atoms with Crippen LogP contribution in [0.15, 0.2) is 217 Å². The topological polar surface area (TPSA) is 26.0 Å². The Kier molecular flexibility index (Phi) is 8.20. The lowest BCUT2D eigenvalue weighted by Gasteiger charge is -2.12. The maximum Gasteiger partial charge on any atom is 0.136 e. The van der Waals surface area contributed by atoms with E-state index in [-0.39, 0.29) is 0 Å². The molecule has 0 fully saturated rings. The van der Waals surface area contributed by atoms with Crippen LogP contribution in [-0.4, -0.2) is 4.98 Å². The van der Waals surface area contributed by atoms with Crippen LogP contribution < -0.4 is 0 Å². The SMILES string of the molecule is c1ccc(-c2cc(-c3ccccc3)cc(-c3ccc(-c4ccc5oc6cccc(-c7cc(-c8ccccc8)nc(-c8ccccc8)c7)c6c5c4)cc3)c2)cc1. The summed E-state index contributed by atoms with van der Waals surface area (Å²) in [5.74, 6) is 0. The monoisotopic (exact) mass is 701 g/mol. The molecule has 55 heavy (non-hydrogen) atoms. The first kappa shape index (κ1) is 32.4. The molecular formula is C53H35NO. The summed E-state index contributed by atoms with van der Waals surface area (Å²) in [6.07, 6.45) is 0. The molecule has 0 saturated heterocycles. The second-order valence-corrected chi connectivity index (χ2v) is 14.0. The van der Waals surface area contributed by atoms with E-state index in [4.69, 9.17) is 9.40 Å². The Hall–Kier alpha value is -7.29. The van der Waals surface area contributed by atoms with Gasteiger partial charge in [-0.05, 0) is 104 Å². The largest absolute Gasteiger partial charge is 0.456 e. The third-order valence-electron chi connectivity index (χ3n) is 10.5. The summed E-state index contributed by atoms with van der Waals surface area (Å²) < 4.78 is 6.49. The number of rotatable bonds is 7. The highest BCUT2D eigenvalue weighted by Gasteiger charge is 2.17. The van der Waals surface area contributed by atoms with Crippen LogP contribution in [0.2, 0.25) is 0 Å². The van der Waals surface area contributed by atoms with Crippen molar-refractivity contribution in [3.8, 4) is 78.1 Å². The first-order valence-electron chi connectivity index (χ1n) is 18.7. The first-order chi connectivity index (χ1) is 27.2. The van der Waals surface area contributed by atoms with Gasteiger partial charge in [-0.1, -0.05) is 164 Å². The van der Waals surface area contributed by atoms with Crippen molar-refractivity contribution in [2.75, 3.05) is 0 Å². The summed E-state index contributed by atoms with van der Waals surface area (Å²) >= 11 is 0. The van der Waals surface area contributed by atoms with Gasteiger partial charge in [0.15, 0.2) is 0 Å². The average molecular weight is 702 g/mol. The number of pyridine rings is 1. The third kappa shape index (κ3) is 6.30. The van der Waals surface area contributed by atoms with Gasteiger partial charge < -0.3 is 4.42 Å². The molecule has 0 aliphatic rings. The van der Waals surface area contributed by atoms with Crippen molar-refractivity contribution < 1.29 is 4.42 Å². The van der Waals surface area contributed by atoms with E-state index >= 15 is 0 Å². The van der Waals surface area contributed by atoms with Crippen molar-refractivity contribution in [1.29, 1.82) is 0 Å². The Morgan fingerprint density at radius 2 is 0.709 bits per heavy atom. The zero-order valence-electron chi connectivity index (χ0n) is 30.1. The Balaban J connectivity index is 1.06. The maximum absolute atomic E-state index is 6.49. The molecule has 2 nitrogen and oxygen atoms in total. The van der Waals surface area contributed by atoms with Crippen molar-refractivity contribution >= 4 is 21.9 Å². The molecule has 8 aromatic carbocycles. The first-order valence-corrected chi connectivity index (χ1v) is 18.7. The van der Waals surface area contributed by atoms with E-state index in [1.54, 1.807) is 0 Å². The van der Waals surface area contributed by atoms with Crippen LogP contribution in [0, 0.1) is 0 Å². The van der Waals surface area contributed by atoms with Gasteiger partial charge in [0.2, 0.25) is 0 Å². The van der Waals surface area contributed by atoms with E-state index in [1.807, 2.05) is 12.1 Å². The highest BCUT2D eigenvalue weighted by molar-refractivity contribution is 6.13. The Morgan fingerprint density at radius 3 is 1.22 bits per heavy atom. The van der Waals surface area contributed by atoms with Gasteiger partial charge in [-0.15, -0.1) is 0 Å². The average Bonchev–Trinajstić information content (AvgIpc) is 3.66. The molecule has 0 radical (unpaired) electrons. The van der Waals surface area contributed by atoms with E-state index in [0.717, 1.165) is 66.7 Å². The standard InChI is InChI=1S/C53H35NO/c1-5-14-36(15-6-1)43-30-44(37-16-7-2-8-17-37)32-45(31-43)39-26-24-38(25-27-39)42-28-29-51-48(33-42)53-47(22-13-23-52(53)55-51)46-34-49(40-18-9-3-10-19-40)54-50(35-46)41-20-11-4-12-21-41/h1-35H. The smallest absolute Gasteiger partial charge is 0.136 e. The minimum Gasteiger partial charge on any atom is -0.456 e. The molecule has 0 saturated carbocycles. The quantitative estimate of drug-likeness (QED) is 0.165. The van der Waals surface area contributed by atoms with Gasteiger partial charge in [0, 0.05) is 21.9 Å². The van der Waals surface area contributed by atoms with Crippen LogP contribution in [-0.2, 0) is 0 Å². The molecule has 0 amide bonds. The molecule has 0 atom stereocenters. The van der Waals surface area contributed by atoms with Crippen LogP contribution in [0.1, 0.15) is 0 Å². The number of aromatic nitrogens is 1. The van der Waals surface area contributed by atoms with Crippen molar-refractivity contribution in [2.24, 2.45) is 0 Å². The van der Waals surface area contributed by atoms with Gasteiger partial charge in [-0.25, -0.2) is 4.98 Å². The number of benzene rings is 8. The molecule has 0 aliphatic heterocycles. The fourth-order valence-electron chi connectivity index (χ4n) is 7.69. The van der Waals surface area contributed by atoms with E-state index in [2.05, 4.69) is 200 Å². The van der Waals surface area contributed by atoms with Crippen LogP contribution in [0.3, 0.4) is 0 Å². The zero-order chi connectivity index (χ0) is 36.6. The van der Waals surface area contributed by atoms with E-state index in [1.165, 1.54) is 33.4 Å². The van der Waals surface area contributed by atoms with Gasteiger partial charge in [0.05, 0.1) is 11.4 Å². The van der Waals surface area contributed by atoms with Gasteiger partial charge in [0.1, 0.15) is 11.2 Å². The van der Waals surface area contributed by atoms with Crippen LogP contribution >= 0.6 is 0 Å². The normalized spacial score (nSPS) is 11.3. The molecule has 2 heterocycles. The van der Waals surface area contributed by atoms with Crippen molar-refractivity contribution in [3.05, 3.63) is 212 Å². The summed E-state index contributed by atoms with van der Waals surface area (Å²) in [5.41, 5.74) is 17.5. The number of hydrogen-bond donors (Lipinski definition) is 0. The van der Waals surface area contributed by atoms with Gasteiger partial charge in [-0.2, -0.15) is 0 Å². The molecule has 10 rings (SSSR count). The van der Waals surface area contributed by atoms with Crippen molar-refractivity contribution in [2.45, 2.75) is 0 Å². The van der Waals surface area contributed by atoms with Gasteiger partial charge in [0.25, 0.3) is 0 Å². The predicted octanol–water partition coefficient (Wildman–Crippen LogP) is 14.6. The third-order valence-corrected chi connectivity index (χ3v) is 10.5. The summed E-state index contributed by atoms with van der Waals surface area (Å²) in [6.45, 7) is 0. The summed E-state index contributed by atoms with van der Waals surface area (Å²) in [5, 5.41) is 2.20. The number of hydrogen-bond acceptors (Lipinski definition) is 2. The van der Waals surface area contributed by atoms with E-state index in [0.29, 0.717) is 0 Å². The molecule has 2 aromatic heterocycles. The Bertz CT molecular complexity index is 2820.